The maximum atomic E-state index is 14.3. The third kappa shape index (κ3) is 4.07. The minimum atomic E-state index is -4.64. The second-order valence-corrected chi connectivity index (χ2v) is 8.20. The molecule has 0 saturated heterocycles. The van der Waals surface area contributed by atoms with Crippen LogP contribution in [0.3, 0.4) is 0 Å². The van der Waals surface area contributed by atoms with Crippen molar-refractivity contribution in [1.82, 2.24) is 34.5 Å². The Balaban J connectivity index is 1.70. The Morgan fingerprint density at radius 1 is 1.11 bits per heavy atom. The van der Waals surface area contributed by atoms with Gasteiger partial charge in [0.1, 0.15) is 52.4 Å². The van der Waals surface area contributed by atoms with Gasteiger partial charge >= 0.3 is 6.18 Å². The zero-order valence-electron chi connectivity index (χ0n) is 19.4. The molecule has 0 aliphatic rings. The van der Waals surface area contributed by atoms with E-state index in [1.54, 1.807) is 6.92 Å². The van der Waals surface area contributed by atoms with E-state index in [0.29, 0.717) is 18.2 Å². The van der Waals surface area contributed by atoms with Gasteiger partial charge < -0.3 is 10.3 Å². The second kappa shape index (κ2) is 9.18. The molecule has 0 fully saturated rings. The fraction of sp³-hybridized carbons (Fsp3) is 0.167. The van der Waals surface area contributed by atoms with Crippen molar-refractivity contribution >= 4 is 16.9 Å². The molecule has 9 nitrogen and oxygen atoms in total. The number of hydrogen-bond acceptors (Lipinski definition) is 7. The largest absolute Gasteiger partial charge is 0.433 e. The van der Waals surface area contributed by atoms with E-state index >= 15 is 0 Å². The van der Waals surface area contributed by atoms with Crippen LogP contribution in [0.4, 0.5) is 27.8 Å². The highest BCUT2D eigenvalue weighted by atomic mass is 19.4. The van der Waals surface area contributed by atoms with Gasteiger partial charge in [0.15, 0.2) is 5.82 Å². The molecule has 1 unspecified atom stereocenters. The Morgan fingerprint density at radius 2 is 1.89 bits per heavy atom. The Kier molecular flexibility index (Phi) is 5.98. The SMILES string of the molecule is CCC(c1cn(-c2ccc(F)cc2F)nn1)n1c(C#N)c(-c2ccc(C(F)(F)F)nc2)c2c(N)ncnc21. The average molecular weight is 525 g/mol. The van der Waals surface area contributed by atoms with Crippen molar-refractivity contribution in [2.24, 2.45) is 0 Å². The monoisotopic (exact) mass is 525 g/mol. The fourth-order valence-electron chi connectivity index (χ4n) is 4.30. The van der Waals surface area contributed by atoms with Gasteiger partial charge in [-0.15, -0.1) is 5.10 Å². The zero-order chi connectivity index (χ0) is 27.2. The number of nitriles is 1. The number of halogens is 5. The van der Waals surface area contributed by atoms with Crippen LogP contribution in [0.5, 0.6) is 0 Å². The number of rotatable bonds is 5. The van der Waals surface area contributed by atoms with Crippen molar-refractivity contribution in [3.63, 3.8) is 0 Å². The molecule has 38 heavy (non-hydrogen) atoms. The van der Waals surface area contributed by atoms with E-state index in [-0.39, 0.29) is 39.4 Å². The van der Waals surface area contributed by atoms with Crippen LogP contribution in [0.25, 0.3) is 27.8 Å². The van der Waals surface area contributed by atoms with Crippen LogP contribution in [-0.4, -0.2) is 34.5 Å². The Hall–Kier alpha value is -4.93. The summed E-state index contributed by atoms with van der Waals surface area (Å²) < 4.78 is 69.6. The first-order chi connectivity index (χ1) is 18.1. The molecule has 0 spiro atoms. The standard InChI is InChI=1S/C24H16F5N9/c1-2-16(15-10-37(36-35-15)17-5-4-13(25)7-14(17)26)38-18(8-30)20(21-22(31)33-11-34-23(21)38)12-3-6-19(32-9-12)24(27,28)29/h3-7,9-11,16H,2H2,1H3,(H2,31,33,34). The lowest BCUT2D eigenvalue weighted by atomic mass is 10.0. The molecule has 5 rings (SSSR count). The molecule has 0 bridgehead atoms. The number of nitrogens with two attached hydrogens (primary N) is 1. The zero-order valence-corrected chi connectivity index (χ0v) is 19.4. The number of anilines is 1. The molecule has 0 aliphatic heterocycles. The first-order valence-electron chi connectivity index (χ1n) is 11.1. The van der Waals surface area contributed by atoms with Gasteiger partial charge in [-0.3, -0.25) is 4.98 Å². The molecule has 0 amide bonds. The van der Waals surface area contributed by atoms with Crippen molar-refractivity contribution in [3.05, 3.63) is 77.8 Å². The van der Waals surface area contributed by atoms with Crippen molar-refractivity contribution in [3.8, 4) is 22.9 Å². The predicted molar refractivity (Wildman–Crippen MR) is 125 cm³/mol. The van der Waals surface area contributed by atoms with Gasteiger partial charge in [-0.2, -0.15) is 18.4 Å². The fourth-order valence-corrected chi connectivity index (χ4v) is 4.30. The van der Waals surface area contributed by atoms with Gasteiger partial charge in [-0.25, -0.2) is 23.4 Å². The number of alkyl halides is 3. The third-order valence-electron chi connectivity index (χ3n) is 5.97. The van der Waals surface area contributed by atoms with E-state index in [0.717, 1.165) is 23.0 Å². The summed E-state index contributed by atoms with van der Waals surface area (Å²) in [7, 11) is 0. The molecular formula is C24H16F5N9. The molecular weight excluding hydrogens is 509 g/mol. The third-order valence-corrected chi connectivity index (χ3v) is 5.97. The summed E-state index contributed by atoms with van der Waals surface area (Å²) in [6.45, 7) is 1.80. The lowest BCUT2D eigenvalue weighted by Crippen LogP contribution is -2.13. The van der Waals surface area contributed by atoms with E-state index in [2.05, 4.69) is 31.3 Å². The molecule has 2 N–H and O–H groups in total. The number of benzene rings is 1. The van der Waals surface area contributed by atoms with E-state index < -0.39 is 29.5 Å². The molecule has 5 aromatic rings. The molecule has 14 heteroatoms. The predicted octanol–water partition coefficient (Wildman–Crippen LogP) is 4.82. The number of pyridine rings is 1. The quantitative estimate of drug-likeness (QED) is 0.326. The molecule has 4 heterocycles. The summed E-state index contributed by atoms with van der Waals surface area (Å²) in [5.41, 5.74) is 6.00. The summed E-state index contributed by atoms with van der Waals surface area (Å²) in [6, 6.07) is 6.42. The second-order valence-electron chi connectivity index (χ2n) is 8.20. The molecule has 0 saturated carbocycles. The summed E-state index contributed by atoms with van der Waals surface area (Å²) in [6.07, 6.45) is -0.653. The Morgan fingerprint density at radius 3 is 2.53 bits per heavy atom. The van der Waals surface area contributed by atoms with E-state index in [1.807, 2.05) is 0 Å². The first kappa shape index (κ1) is 24.8. The van der Waals surface area contributed by atoms with Crippen molar-refractivity contribution in [2.75, 3.05) is 5.73 Å². The minimum Gasteiger partial charge on any atom is -0.383 e. The van der Waals surface area contributed by atoms with Gasteiger partial charge in [0.2, 0.25) is 0 Å². The average Bonchev–Trinajstić information content (AvgIpc) is 3.48. The summed E-state index contributed by atoms with van der Waals surface area (Å²) >= 11 is 0. The number of hydrogen-bond donors (Lipinski definition) is 1. The van der Waals surface area contributed by atoms with E-state index in [4.69, 9.17) is 5.73 Å². The minimum absolute atomic E-state index is 0.00652. The van der Waals surface area contributed by atoms with Gasteiger partial charge in [-0.05, 0) is 24.6 Å². The molecule has 1 atom stereocenters. The molecule has 4 aromatic heterocycles. The molecule has 192 valence electrons. The molecule has 0 aliphatic carbocycles. The van der Waals surface area contributed by atoms with Crippen LogP contribution in [0, 0.1) is 23.0 Å². The number of aromatic nitrogens is 7. The van der Waals surface area contributed by atoms with Gasteiger partial charge in [0.05, 0.1) is 17.6 Å². The Bertz CT molecular complexity index is 1700. The maximum Gasteiger partial charge on any atom is 0.433 e. The van der Waals surface area contributed by atoms with Crippen LogP contribution in [-0.2, 0) is 6.18 Å². The maximum absolute atomic E-state index is 14.3. The first-order valence-corrected chi connectivity index (χ1v) is 11.1. The lowest BCUT2D eigenvalue weighted by Gasteiger charge is -2.16. The smallest absolute Gasteiger partial charge is 0.383 e. The molecule has 0 radical (unpaired) electrons. The van der Waals surface area contributed by atoms with Crippen LogP contribution in [0.2, 0.25) is 0 Å². The number of nitrogen functional groups attached to an aromatic ring is 1. The van der Waals surface area contributed by atoms with Gasteiger partial charge in [0.25, 0.3) is 0 Å². The Labute approximate surface area is 211 Å². The highest BCUT2D eigenvalue weighted by Gasteiger charge is 2.33. The van der Waals surface area contributed by atoms with Crippen LogP contribution in [0.15, 0.2) is 49.1 Å². The van der Waals surface area contributed by atoms with Crippen molar-refractivity contribution < 1.29 is 22.0 Å². The van der Waals surface area contributed by atoms with Crippen LogP contribution >= 0.6 is 0 Å². The number of fused-ring (bicyclic) bond motifs is 1. The van der Waals surface area contributed by atoms with Crippen LogP contribution in [0.1, 0.15) is 36.5 Å². The topological polar surface area (TPSA) is 124 Å². The van der Waals surface area contributed by atoms with Crippen molar-refractivity contribution in [1.29, 1.82) is 5.26 Å². The van der Waals surface area contributed by atoms with E-state index in [9.17, 15) is 27.2 Å². The van der Waals surface area contributed by atoms with Crippen LogP contribution < -0.4 is 5.73 Å². The highest BCUT2D eigenvalue weighted by molar-refractivity contribution is 6.03. The van der Waals surface area contributed by atoms with Crippen molar-refractivity contribution in [2.45, 2.75) is 25.6 Å². The number of nitrogens with zero attached hydrogens (tertiary/aromatic N) is 8. The summed E-state index contributed by atoms with van der Waals surface area (Å²) in [5.74, 6) is -1.60. The van der Waals surface area contributed by atoms with Gasteiger partial charge in [0, 0.05) is 23.4 Å². The highest BCUT2D eigenvalue weighted by Crippen LogP contribution is 2.40. The summed E-state index contributed by atoms with van der Waals surface area (Å²) in [4.78, 5) is 11.8. The normalized spacial score (nSPS) is 12.6. The molecule has 1 aromatic carbocycles. The lowest BCUT2D eigenvalue weighted by molar-refractivity contribution is -0.141. The van der Waals surface area contributed by atoms with Gasteiger partial charge in [-0.1, -0.05) is 18.2 Å². The van der Waals surface area contributed by atoms with E-state index in [1.165, 1.54) is 29.2 Å². The summed E-state index contributed by atoms with van der Waals surface area (Å²) in [5, 5.41) is 18.5.